The van der Waals surface area contributed by atoms with Gasteiger partial charge in [-0.3, -0.25) is 24.1 Å². The summed E-state index contributed by atoms with van der Waals surface area (Å²) in [5.41, 5.74) is 7.07. The Labute approximate surface area is 199 Å². The van der Waals surface area contributed by atoms with Crippen molar-refractivity contribution >= 4 is 45.9 Å². The molecule has 2 aromatic rings. The van der Waals surface area contributed by atoms with E-state index < -0.39 is 36.2 Å². The number of nitrogens with zero attached hydrogens (tertiary/aromatic N) is 1. The van der Waals surface area contributed by atoms with Crippen molar-refractivity contribution < 1.29 is 28.7 Å². The van der Waals surface area contributed by atoms with Crippen LogP contribution in [0, 0.1) is 5.92 Å². The van der Waals surface area contributed by atoms with Crippen LogP contribution in [-0.4, -0.2) is 47.6 Å². The van der Waals surface area contributed by atoms with Gasteiger partial charge >= 0.3 is 5.97 Å². The molecule has 0 saturated carbocycles. The molecule has 0 fully saturated rings. The predicted molar refractivity (Wildman–Crippen MR) is 125 cm³/mol. The van der Waals surface area contributed by atoms with Crippen LogP contribution in [0.5, 0.6) is 0 Å². The molecule has 176 valence electrons. The molecular formula is C24H23N3O6S. The topological polar surface area (TPSA) is 136 Å². The average molecular weight is 482 g/mol. The standard InChI is InChI=1S/C24H23N3O6S/c1-3-8-27-22(30)14-7-5-13(10-16(14)23(27)31)24(32)33-11-18(28)26-21-19(20(25)29)15-6-4-12(2)9-17(15)34-21/h3,5,7,10,12H,1,4,6,8-9,11H2,2H3,(H2,25,29)(H,26,28)/t12-/m1/s1. The molecule has 2 aliphatic rings. The number of nitrogens with one attached hydrogen (secondary N) is 1. The third kappa shape index (κ3) is 4.24. The number of amides is 4. The molecule has 4 amide bonds. The summed E-state index contributed by atoms with van der Waals surface area (Å²) >= 11 is 1.32. The number of nitrogens with two attached hydrogens (primary N) is 1. The Morgan fingerprint density at radius 2 is 2.00 bits per heavy atom. The normalized spacial score (nSPS) is 16.6. The highest BCUT2D eigenvalue weighted by molar-refractivity contribution is 7.17. The monoisotopic (exact) mass is 481 g/mol. The van der Waals surface area contributed by atoms with Crippen LogP contribution < -0.4 is 11.1 Å². The lowest BCUT2D eigenvalue weighted by atomic mass is 9.88. The summed E-state index contributed by atoms with van der Waals surface area (Å²) in [6.45, 7) is 5.12. The summed E-state index contributed by atoms with van der Waals surface area (Å²) in [6, 6.07) is 4.02. The van der Waals surface area contributed by atoms with E-state index in [1.54, 1.807) is 0 Å². The Morgan fingerprint density at radius 1 is 1.26 bits per heavy atom. The molecule has 3 N–H and O–H groups in total. The Bertz CT molecular complexity index is 1250. The molecular weight excluding hydrogens is 458 g/mol. The highest BCUT2D eigenvalue weighted by atomic mass is 32.1. The number of hydrogen-bond donors (Lipinski definition) is 2. The van der Waals surface area contributed by atoms with Gasteiger partial charge < -0.3 is 15.8 Å². The van der Waals surface area contributed by atoms with E-state index >= 15 is 0 Å². The molecule has 1 aliphatic heterocycles. The number of benzene rings is 1. The molecule has 1 aromatic carbocycles. The molecule has 9 nitrogen and oxygen atoms in total. The molecule has 1 atom stereocenters. The number of rotatable bonds is 7. The van der Waals surface area contributed by atoms with Gasteiger partial charge in [0.2, 0.25) is 0 Å². The second-order valence-corrected chi connectivity index (χ2v) is 9.42. The number of fused-ring (bicyclic) bond motifs is 2. The minimum atomic E-state index is -0.824. The number of thiophene rings is 1. The van der Waals surface area contributed by atoms with Crippen molar-refractivity contribution in [3.05, 3.63) is 63.5 Å². The van der Waals surface area contributed by atoms with E-state index in [1.807, 2.05) is 0 Å². The number of anilines is 1. The Balaban J connectivity index is 1.43. The molecule has 34 heavy (non-hydrogen) atoms. The van der Waals surface area contributed by atoms with Crippen molar-refractivity contribution in [2.45, 2.75) is 26.2 Å². The summed E-state index contributed by atoms with van der Waals surface area (Å²) < 4.78 is 5.09. The van der Waals surface area contributed by atoms with E-state index in [9.17, 15) is 24.0 Å². The Hall–Kier alpha value is -3.79. The molecule has 0 bridgehead atoms. The van der Waals surface area contributed by atoms with Crippen molar-refractivity contribution in [3.8, 4) is 0 Å². The highest BCUT2D eigenvalue weighted by Crippen LogP contribution is 2.39. The molecule has 0 saturated heterocycles. The lowest BCUT2D eigenvalue weighted by Crippen LogP contribution is -2.29. The fourth-order valence-corrected chi connectivity index (χ4v) is 5.62. The average Bonchev–Trinajstić information content (AvgIpc) is 3.27. The second kappa shape index (κ2) is 9.22. The number of ether oxygens (including phenoxy) is 1. The third-order valence-electron chi connectivity index (χ3n) is 5.86. The number of primary amides is 1. The zero-order valence-electron chi connectivity index (χ0n) is 18.5. The maximum atomic E-state index is 12.5. The number of esters is 1. The minimum absolute atomic E-state index is 0.0338. The zero-order valence-corrected chi connectivity index (χ0v) is 19.3. The Kier molecular flexibility index (Phi) is 6.34. The first-order valence-corrected chi connectivity index (χ1v) is 11.5. The lowest BCUT2D eigenvalue weighted by Gasteiger charge is -2.18. The second-order valence-electron chi connectivity index (χ2n) is 8.31. The quantitative estimate of drug-likeness (QED) is 0.354. The van der Waals surface area contributed by atoms with Gasteiger partial charge in [-0.15, -0.1) is 17.9 Å². The van der Waals surface area contributed by atoms with Crippen LogP contribution in [0.2, 0.25) is 0 Å². The largest absolute Gasteiger partial charge is 0.452 e. The van der Waals surface area contributed by atoms with Crippen molar-refractivity contribution in [3.63, 3.8) is 0 Å². The van der Waals surface area contributed by atoms with Crippen molar-refractivity contribution in [2.75, 3.05) is 18.5 Å². The van der Waals surface area contributed by atoms with E-state index in [2.05, 4.69) is 18.8 Å². The SMILES string of the molecule is C=CCN1C(=O)c2ccc(C(=O)OCC(=O)Nc3sc4c(c3C(N)=O)CC[C@@H](C)C4)cc2C1=O. The molecule has 0 radical (unpaired) electrons. The van der Waals surface area contributed by atoms with Crippen molar-refractivity contribution in [2.24, 2.45) is 11.7 Å². The van der Waals surface area contributed by atoms with Gasteiger partial charge in [0, 0.05) is 11.4 Å². The first kappa shape index (κ1) is 23.4. The van der Waals surface area contributed by atoms with Crippen LogP contribution >= 0.6 is 11.3 Å². The number of hydrogen-bond acceptors (Lipinski definition) is 7. The first-order valence-electron chi connectivity index (χ1n) is 10.7. The van der Waals surface area contributed by atoms with Gasteiger partial charge in [0.05, 0.1) is 22.3 Å². The van der Waals surface area contributed by atoms with Gasteiger partial charge in [0.25, 0.3) is 23.6 Å². The maximum absolute atomic E-state index is 12.5. The van der Waals surface area contributed by atoms with E-state index in [-0.39, 0.29) is 23.2 Å². The summed E-state index contributed by atoms with van der Waals surface area (Å²) in [6.07, 6.45) is 3.91. The van der Waals surface area contributed by atoms with Gasteiger partial charge in [-0.05, 0) is 48.9 Å². The van der Waals surface area contributed by atoms with Crippen LogP contribution in [0.25, 0.3) is 0 Å². The van der Waals surface area contributed by atoms with Gasteiger partial charge in [0.15, 0.2) is 6.61 Å². The van der Waals surface area contributed by atoms with Gasteiger partial charge in [-0.25, -0.2) is 4.79 Å². The molecule has 0 unspecified atom stereocenters. The molecule has 0 spiro atoms. The summed E-state index contributed by atoms with van der Waals surface area (Å²) in [7, 11) is 0. The number of imide groups is 1. The molecule has 1 aromatic heterocycles. The van der Waals surface area contributed by atoms with Crippen LogP contribution in [0.1, 0.15) is 65.2 Å². The molecule has 2 heterocycles. The smallest absolute Gasteiger partial charge is 0.338 e. The van der Waals surface area contributed by atoms with Gasteiger partial charge in [-0.2, -0.15) is 0 Å². The summed E-state index contributed by atoms with van der Waals surface area (Å²) in [4.78, 5) is 63.7. The predicted octanol–water partition coefficient (Wildman–Crippen LogP) is 2.55. The molecule has 1 aliphatic carbocycles. The maximum Gasteiger partial charge on any atom is 0.338 e. The zero-order chi connectivity index (χ0) is 24.6. The number of carbonyl (C=O) groups is 5. The van der Waals surface area contributed by atoms with Crippen molar-refractivity contribution in [1.29, 1.82) is 0 Å². The fourth-order valence-electron chi connectivity index (χ4n) is 4.19. The van der Waals surface area contributed by atoms with Gasteiger partial charge in [0.1, 0.15) is 5.00 Å². The summed E-state index contributed by atoms with van der Waals surface area (Å²) in [5, 5.41) is 2.99. The van der Waals surface area contributed by atoms with Crippen LogP contribution in [0.4, 0.5) is 5.00 Å². The minimum Gasteiger partial charge on any atom is -0.452 e. The number of carbonyl (C=O) groups excluding carboxylic acids is 5. The van der Waals surface area contributed by atoms with Gasteiger partial charge in [-0.1, -0.05) is 13.0 Å². The van der Waals surface area contributed by atoms with Crippen LogP contribution in [0.3, 0.4) is 0 Å². The summed E-state index contributed by atoms with van der Waals surface area (Å²) in [5.74, 6) is -2.56. The molecule has 10 heteroatoms. The van der Waals surface area contributed by atoms with Crippen LogP contribution in [0.15, 0.2) is 30.9 Å². The van der Waals surface area contributed by atoms with Crippen molar-refractivity contribution in [1.82, 2.24) is 4.90 Å². The lowest BCUT2D eigenvalue weighted by molar-refractivity contribution is -0.119. The third-order valence-corrected chi connectivity index (χ3v) is 7.03. The molecule has 4 rings (SSSR count). The van der Waals surface area contributed by atoms with E-state index in [0.29, 0.717) is 16.5 Å². The first-order chi connectivity index (χ1) is 16.2. The van der Waals surface area contributed by atoms with E-state index in [0.717, 1.165) is 34.6 Å². The van der Waals surface area contributed by atoms with Crippen LogP contribution in [-0.2, 0) is 22.4 Å². The highest BCUT2D eigenvalue weighted by Gasteiger charge is 2.35. The van der Waals surface area contributed by atoms with E-state index in [4.69, 9.17) is 10.5 Å². The van der Waals surface area contributed by atoms with E-state index in [1.165, 1.54) is 35.6 Å². The Morgan fingerprint density at radius 3 is 2.71 bits per heavy atom. The fraction of sp³-hybridized carbons (Fsp3) is 0.292.